The molecule has 1 amide bonds. The summed E-state index contributed by atoms with van der Waals surface area (Å²) in [4.78, 5) is 13.0. The lowest BCUT2D eigenvalue weighted by Gasteiger charge is -2.46. The molecule has 0 spiro atoms. The summed E-state index contributed by atoms with van der Waals surface area (Å²) in [5.41, 5.74) is 0. The lowest BCUT2D eigenvalue weighted by atomic mass is 9.97. The van der Waals surface area contributed by atoms with E-state index < -0.39 is 86.8 Å². The van der Waals surface area contributed by atoms with Crippen LogP contribution in [0.5, 0.6) is 0 Å². The van der Waals surface area contributed by atoms with Gasteiger partial charge in [0.2, 0.25) is 5.91 Å². The molecule has 2 fully saturated rings. The number of rotatable bonds is 33. The summed E-state index contributed by atoms with van der Waals surface area (Å²) in [6.45, 7) is 2.60. The number of aliphatic hydroxyl groups excluding tert-OH is 8. The maximum absolute atomic E-state index is 13.0. The molecular weight excluding hydrogens is 775 g/mol. The molecule has 12 atom stereocenters. The van der Waals surface area contributed by atoms with E-state index in [0.29, 0.717) is 19.3 Å². The zero-order valence-electron chi connectivity index (χ0n) is 36.4. The molecule has 14 heteroatoms. The second kappa shape index (κ2) is 33.5. The van der Waals surface area contributed by atoms with Gasteiger partial charge < -0.3 is 65.1 Å². The van der Waals surface area contributed by atoms with Crippen molar-refractivity contribution < 1.29 is 64.6 Å². The molecule has 0 bridgehead atoms. The first kappa shape index (κ1) is 54.1. The molecule has 2 saturated heterocycles. The van der Waals surface area contributed by atoms with Crippen LogP contribution in [-0.4, -0.2) is 140 Å². The van der Waals surface area contributed by atoms with E-state index in [4.69, 9.17) is 18.9 Å². The van der Waals surface area contributed by atoms with Crippen molar-refractivity contribution in [2.24, 2.45) is 0 Å². The molecule has 0 aromatic heterocycles. The summed E-state index contributed by atoms with van der Waals surface area (Å²) in [5.74, 6) is -0.226. The first-order valence-electron chi connectivity index (χ1n) is 22.9. The molecule has 12 unspecified atom stereocenters. The van der Waals surface area contributed by atoms with Crippen molar-refractivity contribution in [1.82, 2.24) is 5.32 Å². The van der Waals surface area contributed by atoms with E-state index in [1.807, 2.05) is 0 Å². The van der Waals surface area contributed by atoms with Gasteiger partial charge in [0.05, 0.1) is 32.0 Å². The predicted octanol–water partition coefficient (Wildman–Crippen LogP) is 4.54. The first-order chi connectivity index (χ1) is 29.1. The van der Waals surface area contributed by atoms with Crippen LogP contribution in [0.3, 0.4) is 0 Å². The van der Waals surface area contributed by atoms with Gasteiger partial charge in [-0.3, -0.25) is 4.79 Å². The minimum absolute atomic E-state index is 0.226. The molecule has 2 aliphatic rings. The molecule has 0 aliphatic carbocycles. The second-order valence-corrected chi connectivity index (χ2v) is 16.2. The van der Waals surface area contributed by atoms with Gasteiger partial charge in [-0.1, -0.05) is 133 Å². The average Bonchev–Trinajstić information content (AvgIpc) is 3.24. The normalized spacial score (nSPS) is 28.7. The first-order valence-corrected chi connectivity index (χ1v) is 22.9. The Morgan fingerprint density at radius 3 is 1.77 bits per heavy atom. The SMILES string of the molecule is CC/C=C\C/C=C\C/C=C\C/C=C\CCCCCCCCCCC(=O)NC(COC1OC(CO)C(OC2OC(CO)C(O)C(O)C2O)C(O)C1O)C(O)CCCCCCC. The number of allylic oxidation sites excluding steroid dienone is 8. The number of carbonyl (C=O) groups excluding carboxylic acids is 1. The van der Waals surface area contributed by atoms with Gasteiger partial charge in [0.25, 0.3) is 0 Å². The number of unbranched alkanes of at least 4 members (excludes halogenated alkanes) is 12. The fraction of sp³-hybridized carbons (Fsp3) is 0.804. The Morgan fingerprint density at radius 2 is 1.15 bits per heavy atom. The van der Waals surface area contributed by atoms with Gasteiger partial charge in [0.1, 0.15) is 48.8 Å². The standard InChI is InChI=1S/C46H81NO13/c1-3-5-7-9-10-11-12-13-14-15-16-17-18-19-20-21-22-23-24-26-28-30-38(51)47-34(35(50)29-27-25-8-6-4-2)33-57-45-43(56)41(54)44(37(32-49)59-45)60-46-42(55)40(53)39(52)36(31-48)58-46/h5,7,10-11,13-14,16-17,34-37,39-46,48-50,52-56H,3-4,6,8-9,12,15,18-33H2,1-2H3,(H,47,51)/b7-5-,11-10-,14-13-,17-16-. The van der Waals surface area contributed by atoms with Crippen LogP contribution in [-0.2, 0) is 23.7 Å². The molecule has 348 valence electrons. The highest BCUT2D eigenvalue weighted by Crippen LogP contribution is 2.30. The molecule has 0 aromatic rings. The van der Waals surface area contributed by atoms with E-state index >= 15 is 0 Å². The molecule has 9 N–H and O–H groups in total. The van der Waals surface area contributed by atoms with Crippen molar-refractivity contribution in [3.63, 3.8) is 0 Å². The molecule has 14 nitrogen and oxygen atoms in total. The van der Waals surface area contributed by atoms with Crippen molar-refractivity contribution in [3.05, 3.63) is 48.6 Å². The van der Waals surface area contributed by atoms with Gasteiger partial charge in [-0.25, -0.2) is 0 Å². The maximum Gasteiger partial charge on any atom is 0.220 e. The van der Waals surface area contributed by atoms with Gasteiger partial charge in [0.15, 0.2) is 12.6 Å². The summed E-state index contributed by atoms with van der Waals surface area (Å²) >= 11 is 0. The van der Waals surface area contributed by atoms with Gasteiger partial charge in [-0.2, -0.15) is 0 Å². The van der Waals surface area contributed by atoms with E-state index in [9.17, 15) is 45.6 Å². The number of aliphatic hydroxyl groups is 8. The van der Waals surface area contributed by atoms with Crippen LogP contribution in [0, 0.1) is 0 Å². The third-order valence-electron chi connectivity index (χ3n) is 11.1. The lowest BCUT2D eigenvalue weighted by molar-refractivity contribution is -0.359. The summed E-state index contributed by atoms with van der Waals surface area (Å²) in [6.07, 6.45) is 20.4. The fourth-order valence-corrected chi connectivity index (χ4v) is 7.28. The third-order valence-corrected chi connectivity index (χ3v) is 11.1. The number of amides is 1. The van der Waals surface area contributed by atoms with Crippen molar-refractivity contribution in [2.75, 3.05) is 19.8 Å². The molecular formula is C46H81NO13. The topological polar surface area (TPSA) is 228 Å². The maximum atomic E-state index is 13.0. The van der Waals surface area contributed by atoms with E-state index in [1.54, 1.807) is 0 Å². The monoisotopic (exact) mass is 856 g/mol. The van der Waals surface area contributed by atoms with Crippen LogP contribution in [0.25, 0.3) is 0 Å². The van der Waals surface area contributed by atoms with E-state index in [-0.39, 0.29) is 12.5 Å². The largest absolute Gasteiger partial charge is 0.394 e. The van der Waals surface area contributed by atoms with Gasteiger partial charge >= 0.3 is 0 Å². The summed E-state index contributed by atoms with van der Waals surface area (Å²) in [5, 5.41) is 86.2. The van der Waals surface area contributed by atoms with Gasteiger partial charge in [0, 0.05) is 6.42 Å². The zero-order chi connectivity index (χ0) is 44.0. The Hall–Kier alpha value is -2.05. The molecule has 2 rings (SSSR count). The highest BCUT2D eigenvalue weighted by Gasteiger charge is 2.51. The molecule has 0 radical (unpaired) electrons. The zero-order valence-corrected chi connectivity index (χ0v) is 36.4. The molecule has 0 saturated carbocycles. The van der Waals surface area contributed by atoms with E-state index in [1.165, 1.54) is 25.7 Å². The summed E-state index contributed by atoms with van der Waals surface area (Å²) < 4.78 is 22.6. The van der Waals surface area contributed by atoms with Gasteiger partial charge in [-0.15, -0.1) is 0 Å². The predicted molar refractivity (Wildman–Crippen MR) is 231 cm³/mol. The van der Waals surface area contributed by atoms with Gasteiger partial charge in [-0.05, 0) is 51.4 Å². The Morgan fingerprint density at radius 1 is 0.617 bits per heavy atom. The van der Waals surface area contributed by atoms with Crippen molar-refractivity contribution in [2.45, 2.75) is 216 Å². The van der Waals surface area contributed by atoms with Crippen LogP contribution in [0.15, 0.2) is 48.6 Å². The number of hydrogen-bond acceptors (Lipinski definition) is 13. The second-order valence-electron chi connectivity index (χ2n) is 16.2. The quantitative estimate of drug-likeness (QED) is 0.0327. The van der Waals surface area contributed by atoms with Crippen LogP contribution in [0.2, 0.25) is 0 Å². The smallest absolute Gasteiger partial charge is 0.220 e. The summed E-state index contributed by atoms with van der Waals surface area (Å²) in [6, 6.07) is -0.830. The summed E-state index contributed by atoms with van der Waals surface area (Å²) in [7, 11) is 0. The third kappa shape index (κ3) is 21.4. The van der Waals surface area contributed by atoms with Crippen LogP contribution < -0.4 is 5.32 Å². The molecule has 60 heavy (non-hydrogen) atoms. The molecule has 2 heterocycles. The Bertz CT molecular complexity index is 1200. The van der Waals surface area contributed by atoms with Crippen LogP contribution in [0.4, 0.5) is 0 Å². The molecule has 0 aromatic carbocycles. The van der Waals surface area contributed by atoms with Crippen molar-refractivity contribution >= 4 is 5.91 Å². The minimum Gasteiger partial charge on any atom is -0.394 e. The highest BCUT2D eigenvalue weighted by atomic mass is 16.7. The van der Waals surface area contributed by atoms with Crippen molar-refractivity contribution in [1.29, 1.82) is 0 Å². The average molecular weight is 856 g/mol. The van der Waals surface area contributed by atoms with E-state index in [0.717, 1.165) is 83.5 Å². The molecule has 2 aliphatic heterocycles. The highest BCUT2D eigenvalue weighted by molar-refractivity contribution is 5.76. The Balaban J connectivity index is 1.75. The Kier molecular flexibility index (Phi) is 30.2. The van der Waals surface area contributed by atoms with Crippen LogP contribution >= 0.6 is 0 Å². The number of nitrogens with one attached hydrogen (secondary N) is 1. The number of hydrogen-bond donors (Lipinski definition) is 9. The fourth-order valence-electron chi connectivity index (χ4n) is 7.28. The Labute approximate surface area is 359 Å². The minimum atomic E-state index is -1.78. The lowest BCUT2D eigenvalue weighted by Crippen LogP contribution is -2.65. The van der Waals surface area contributed by atoms with E-state index in [2.05, 4.69) is 67.8 Å². The van der Waals surface area contributed by atoms with Crippen LogP contribution in [0.1, 0.15) is 142 Å². The van der Waals surface area contributed by atoms with Crippen molar-refractivity contribution in [3.8, 4) is 0 Å². The number of carbonyl (C=O) groups is 1. The number of ether oxygens (including phenoxy) is 4.